The van der Waals surface area contributed by atoms with Crippen LogP contribution in [0.2, 0.25) is 0 Å². The molecule has 0 heterocycles. The van der Waals surface area contributed by atoms with Crippen LogP contribution in [0, 0.1) is 0 Å². The van der Waals surface area contributed by atoms with Crippen molar-refractivity contribution in [2.75, 3.05) is 0 Å². The zero-order valence-electron chi connectivity index (χ0n) is 9.55. The lowest BCUT2D eigenvalue weighted by Crippen LogP contribution is -2.13. The van der Waals surface area contributed by atoms with Crippen molar-refractivity contribution >= 4 is 0 Å². The monoisotopic (exact) mass is 184 g/mol. The predicted octanol–water partition coefficient (Wildman–Crippen LogP) is 3.94. The number of allylic oxidation sites excluding steroid dienone is 2. The van der Waals surface area contributed by atoms with E-state index in [1.807, 2.05) is 0 Å². The highest BCUT2D eigenvalue weighted by atomic mass is 16.5. The molecule has 78 valence electrons. The molecule has 0 radical (unpaired) electrons. The van der Waals surface area contributed by atoms with Crippen LogP contribution in [0.25, 0.3) is 0 Å². The molecular weight excluding hydrogens is 160 g/mol. The lowest BCUT2D eigenvalue weighted by Gasteiger charge is -2.15. The first kappa shape index (κ1) is 12.7. The number of unbranched alkanes of at least 4 members (excludes halogenated alkanes) is 2. The lowest BCUT2D eigenvalue weighted by atomic mass is 10.1. The van der Waals surface area contributed by atoms with Gasteiger partial charge in [0.15, 0.2) is 0 Å². The maximum atomic E-state index is 5.64. The highest BCUT2D eigenvalue weighted by Gasteiger charge is 2.03. The molecule has 0 amide bonds. The molecule has 13 heavy (non-hydrogen) atoms. The van der Waals surface area contributed by atoms with Crippen molar-refractivity contribution in [3.05, 3.63) is 12.2 Å². The van der Waals surface area contributed by atoms with Crippen LogP contribution in [0.15, 0.2) is 12.2 Å². The van der Waals surface area contributed by atoms with E-state index in [1.165, 1.54) is 25.7 Å². The summed E-state index contributed by atoms with van der Waals surface area (Å²) in [5, 5.41) is 0. The minimum absolute atomic E-state index is 0.366. The van der Waals surface area contributed by atoms with E-state index in [2.05, 4.69) is 39.8 Å². The third-order valence-electron chi connectivity index (χ3n) is 1.97. The summed E-state index contributed by atoms with van der Waals surface area (Å²) in [5.41, 5.74) is 0. The summed E-state index contributed by atoms with van der Waals surface area (Å²) in [4.78, 5) is 0. The van der Waals surface area contributed by atoms with Gasteiger partial charge in [0.2, 0.25) is 0 Å². The summed E-state index contributed by atoms with van der Waals surface area (Å²) in [7, 11) is 0. The molecule has 1 unspecified atom stereocenters. The van der Waals surface area contributed by atoms with Crippen LogP contribution < -0.4 is 0 Å². The van der Waals surface area contributed by atoms with E-state index in [9.17, 15) is 0 Å². The van der Waals surface area contributed by atoms with Gasteiger partial charge in [-0.2, -0.15) is 0 Å². The van der Waals surface area contributed by atoms with Crippen LogP contribution in [0.3, 0.4) is 0 Å². The standard InChI is InChI=1S/C12H24O/c1-5-6-7-8-9-10-12(4)13-11(2)3/h5-6,11-12H,7-10H2,1-4H3. The van der Waals surface area contributed by atoms with Crippen molar-refractivity contribution in [1.82, 2.24) is 0 Å². The summed E-state index contributed by atoms with van der Waals surface area (Å²) in [6.45, 7) is 8.42. The Labute approximate surface area is 83.2 Å². The molecule has 0 aliphatic rings. The van der Waals surface area contributed by atoms with Crippen molar-refractivity contribution in [2.24, 2.45) is 0 Å². The first-order chi connectivity index (χ1) is 6.16. The fourth-order valence-corrected chi connectivity index (χ4v) is 1.39. The second kappa shape index (κ2) is 8.31. The first-order valence-corrected chi connectivity index (χ1v) is 5.43. The molecule has 0 saturated carbocycles. The van der Waals surface area contributed by atoms with Crippen LogP contribution in [0.1, 0.15) is 53.4 Å². The molecule has 0 N–H and O–H groups in total. The van der Waals surface area contributed by atoms with Gasteiger partial charge in [-0.15, -0.1) is 0 Å². The molecule has 0 aliphatic heterocycles. The van der Waals surface area contributed by atoms with Crippen LogP contribution in [-0.2, 0) is 4.74 Å². The van der Waals surface area contributed by atoms with Gasteiger partial charge in [0.1, 0.15) is 0 Å². The van der Waals surface area contributed by atoms with Crippen molar-refractivity contribution in [3.8, 4) is 0 Å². The van der Waals surface area contributed by atoms with Crippen molar-refractivity contribution in [3.63, 3.8) is 0 Å². The third-order valence-corrected chi connectivity index (χ3v) is 1.97. The smallest absolute Gasteiger partial charge is 0.0550 e. The summed E-state index contributed by atoms with van der Waals surface area (Å²) in [6, 6.07) is 0. The van der Waals surface area contributed by atoms with Gasteiger partial charge in [-0.25, -0.2) is 0 Å². The fourth-order valence-electron chi connectivity index (χ4n) is 1.39. The minimum atomic E-state index is 0.366. The van der Waals surface area contributed by atoms with E-state index in [1.54, 1.807) is 0 Å². The molecule has 0 aliphatic carbocycles. The number of ether oxygens (including phenoxy) is 1. The highest BCUT2D eigenvalue weighted by Crippen LogP contribution is 2.08. The normalized spacial score (nSPS) is 14.2. The number of hydrogen-bond acceptors (Lipinski definition) is 1. The second-order valence-corrected chi connectivity index (χ2v) is 3.85. The van der Waals surface area contributed by atoms with E-state index < -0.39 is 0 Å². The SMILES string of the molecule is CC=CCCCCC(C)OC(C)C. The molecule has 0 bridgehead atoms. The Bertz CT molecular complexity index is 127. The van der Waals surface area contributed by atoms with E-state index in [0.717, 1.165) is 0 Å². The van der Waals surface area contributed by atoms with E-state index in [0.29, 0.717) is 12.2 Å². The summed E-state index contributed by atoms with van der Waals surface area (Å²) < 4.78 is 5.64. The van der Waals surface area contributed by atoms with Crippen LogP contribution in [-0.4, -0.2) is 12.2 Å². The van der Waals surface area contributed by atoms with Crippen molar-refractivity contribution in [2.45, 2.75) is 65.6 Å². The van der Waals surface area contributed by atoms with Gasteiger partial charge in [-0.3, -0.25) is 0 Å². The van der Waals surface area contributed by atoms with Gasteiger partial charge < -0.3 is 4.74 Å². The van der Waals surface area contributed by atoms with Gasteiger partial charge in [-0.05, 0) is 47.0 Å². The molecule has 0 saturated heterocycles. The molecule has 0 aromatic rings. The highest BCUT2D eigenvalue weighted by molar-refractivity contribution is 4.76. The van der Waals surface area contributed by atoms with Crippen LogP contribution >= 0.6 is 0 Å². The molecule has 0 aromatic carbocycles. The molecule has 1 atom stereocenters. The zero-order chi connectivity index (χ0) is 10.1. The lowest BCUT2D eigenvalue weighted by molar-refractivity contribution is 0.0132. The van der Waals surface area contributed by atoms with Gasteiger partial charge in [0.05, 0.1) is 12.2 Å². The Hall–Kier alpha value is -0.300. The molecule has 0 fully saturated rings. The molecule has 1 nitrogen and oxygen atoms in total. The van der Waals surface area contributed by atoms with E-state index in [4.69, 9.17) is 4.74 Å². The predicted molar refractivity (Wildman–Crippen MR) is 59.0 cm³/mol. The summed E-state index contributed by atoms with van der Waals surface area (Å²) in [6.07, 6.45) is 10.1. The van der Waals surface area contributed by atoms with Gasteiger partial charge >= 0.3 is 0 Å². The first-order valence-electron chi connectivity index (χ1n) is 5.43. The Kier molecular flexibility index (Phi) is 8.11. The number of rotatable bonds is 7. The molecule has 0 spiro atoms. The average molecular weight is 184 g/mol. The van der Waals surface area contributed by atoms with E-state index >= 15 is 0 Å². The molecule has 1 heteroatoms. The average Bonchev–Trinajstić information content (AvgIpc) is 2.02. The van der Waals surface area contributed by atoms with Crippen molar-refractivity contribution < 1.29 is 4.74 Å². The minimum Gasteiger partial charge on any atom is -0.376 e. The summed E-state index contributed by atoms with van der Waals surface area (Å²) in [5.74, 6) is 0. The Morgan fingerprint density at radius 3 is 2.38 bits per heavy atom. The Morgan fingerprint density at radius 1 is 1.15 bits per heavy atom. The maximum Gasteiger partial charge on any atom is 0.0550 e. The Morgan fingerprint density at radius 2 is 1.85 bits per heavy atom. The van der Waals surface area contributed by atoms with Crippen LogP contribution in [0.4, 0.5) is 0 Å². The zero-order valence-corrected chi connectivity index (χ0v) is 9.55. The van der Waals surface area contributed by atoms with Gasteiger partial charge in [0, 0.05) is 0 Å². The fraction of sp³-hybridized carbons (Fsp3) is 0.833. The van der Waals surface area contributed by atoms with E-state index in [-0.39, 0.29) is 0 Å². The Balaban J connectivity index is 3.21. The topological polar surface area (TPSA) is 9.23 Å². The maximum absolute atomic E-state index is 5.64. The van der Waals surface area contributed by atoms with Gasteiger partial charge in [0.25, 0.3) is 0 Å². The summed E-state index contributed by atoms with van der Waals surface area (Å²) >= 11 is 0. The third kappa shape index (κ3) is 9.62. The quantitative estimate of drug-likeness (QED) is 0.430. The largest absolute Gasteiger partial charge is 0.376 e. The molecular formula is C12H24O. The second-order valence-electron chi connectivity index (χ2n) is 3.85. The molecule has 0 rings (SSSR count). The van der Waals surface area contributed by atoms with Crippen molar-refractivity contribution in [1.29, 1.82) is 0 Å². The van der Waals surface area contributed by atoms with Gasteiger partial charge in [-0.1, -0.05) is 18.6 Å². The number of hydrogen-bond donors (Lipinski definition) is 0. The molecule has 0 aromatic heterocycles. The van der Waals surface area contributed by atoms with Crippen LogP contribution in [0.5, 0.6) is 0 Å².